The molecule has 0 aliphatic heterocycles. The van der Waals surface area contributed by atoms with Crippen LogP contribution < -0.4 is 0 Å². The second-order valence-corrected chi connectivity index (χ2v) is 1.32. The van der Waals surface area contributed by atoms with Crippen LogP contribution in [0.25, 0.3) is 0 Å². The Kier molecular flexibility index (Phi) is 7.37. The van der Waals surface area contributed by atoms with Crippen molar-refractivity contribution in [3.63, 3.8) is 0 Å². The minimum Gasteiger partial charge on any atom is -0.393 e. The van der Waals surface area contributed by atoms with Crippen molar-refractivity contribution in [2.75, 3.05) is 0 Å². The predicted octanol–water partition coefficient (Wildman–Crippen LogP) is 0.484. The van der Waals surface area contributed by atoms with Gasteiger partial charge in [0, 0.05) is 13.3 Å². The molecule has 0 saturated heterocycles. The van der Waals surface area contributed by atoms with E-state index in [2.05, 4.69) is 4.74 Å². The molecule has 0 atom stereocenters. The molecule has 0 amide bonds. The molecular weight excluding hydrogens is 172 g/mol. The van der Waals surface area contributed by atoms with E-state index in [4.69, 9.17) is 0 Å². The van der Waals surface area contributed by atoms with Crippen LogP contribution in [0.2, 0.25) is 0 Å². The zero-order valence-corrected chi connectivity index (χ0v) is 6.18. The van der Waals surface area contributed by atoms with E-state index in [-0.39, 0.29) is 23.5 Å². The Balaban J connectivity index is 0. The van der Waals surface area contributed by atoms with Gasteiger partial charge in [0.1, 0.15) is 0 Å². The zero-order valence-electron chi connectivity index (χ0n) is 5.23. The monoisotopic (exact) mass is 179 g/mol. The zero-order chi connectivity index (χ0) is 6.57. The van der Waals surface area contributed by atoms with E-state index in [9.17, 15) is 9.59 Å². The topological polar surface area (TPSA) is 43.4 Å². The standard InChI is InChI=1S/C5H8O3.Cu/c1-3-5(7)8-4(2)6;/h3H2,1-2H3;/q;+2. The van der Waals surface area contributed by atoms with Gasteiger partial charge in [0.05, 0.1) is 0 Å². The summed E-state index contributed by atoms with van der Waals surface area (Å²) in [4.78, 5) is 20.1. The first kappa shape index (κ1) is 11.5. The number of rotatable bonds is 1. The third-order valence-electron chi connectivity index (χ3n) is 0.546. The molecule has 55 valence electrons. The minimum absolute atomic E-state index is 0. The van der Waals surface area contributed by atoms with Crippen LogP contribution in [-0.2, 0) is 31.4 Å². The summed E-state index contributed by atoms with van der Waals surface area (Å²) < 4.78 is 4.12. The summed E-state index contributed by atoms with van der Waals surface area (Å²) in [5.74, 6) is -1.02. The van der Waals surface area contributed by atoms with Crippen LogP contribution in [0.3, 0.4) is 0 Å². The van der Waals surface area contributed by atoms with Crippen LogP contribution in [0.4, 0.5) is 0 Å². The predicted molar refractivity (Wildman–Crippen MR) is 27.1 cm³/mol. The molecule has 0 aromatic rings. The molecule has 0 bridgehead atoms. The molecule has 0 aromatic carbocycles. The van der Waals surface area contributed by atoms with Gasteiger partial charge in [-0.15, -0.1) is 0 Å². The average Bonchev–Trinajstić information content (AvgIpc) is 1.65. The van der Waals surface area contributed by atoms with Crippen molar-refractivity contribution in [2.24, 2.45) is 0 Å². The van der Waals surface area contributed by atoms with E-state index in [0.717, 1.165) is 0 Å². The van der Waals surface area contributed by atoms with Crippen molar-refractivity contribution >= 4 is 11.9 Å². The first-order valence-electron chi connectivity index (χ1n) is 2.38. The molecule has 0 aliphatic rings. The first-order valence-corrected chi connectivity index (χ1v) is 2.38. The molecule has 0 spiro atoms. The van der Waals surface area contributed by atoms with Crippen molar-refractivity contribution in [3.05, 3.63) is 0 Å². The first-order chi connectivity index (χ1) is 3.66. The fourth-order valence-corrected chi connectivity index (χ4v) is 0.232. The van der Waals surface area contributed by atoms with E-state index in [1.54, 1.807) is 6.92 Å². The molecule has 0 heterocycles. The van der Waals surface area contributed by atoms with Crippen molar-refractivity contribution in [2.45, 2.75) is 20.3 Å². The average molecular weight is 180 g/mol. The maximum atomic E-state index is 10.2. The van der Waals surface area contributed by atoms with Gasteiger partial charge in [-0.1, -0.05) is 6.92 Å². The van der Waals surface area contributed by atoms with Crippen molar-refractivity contribution in [1.29, 1.82) is 0 Å². The normalized spacial score (nSPS) is 7.33. The maximum Gasteiger partial charge on any atom is 2.00 e. The molecule has 4 heteroatoms. The maximum absolute atomic E-state index is 10.2. The Morgan fingerprint density at radius 3 is 2.00 bits per heavy atom. The Morgan fingerprint density at radius 2 is 1.89 bits per heavy atom. The van der Waals surface area contributed by atoms with Crippen molar-refractivity contribution < 1.29 is 31.4 Å². The van der Waals surface area contributed by atoms with Crippen LogP contribution in [0, 0.1) is 0 Å². The number of carbonyl (C=O) groups is 2. The van der Waals surface area contributed by atoms with Crippen LogP contribution in [0.1, 0.15) is 20.3 Å². The van der Waals surface area contributed by atoms with Gasteiger partial charge in [-0.25, -0.2) is 0 Å². The second-order valence-electron chi connectivity index (χ2n) is 1.32. The van der Waals surface area contributed by atoms with Gasteiger partial charge in [-0.2, -0.15) is 0 Å². The molecule has 3 nitrogen and oxygen atoms in total. The van der Waals surface area contributed by atoms with Crippen molar-refractivity contribution in [1.82, 2.24) is 0 Å². The molecule has 0 rings (SSSR count). The van der Waals surface area contributed by atoms with E-state index in [0.29, 0.717) is 0 Å². The fraction of sp³-hybridized carbons (Fsp3) is 0.600. The van der Waals surface area contributed by atoms with Gasteiger partial charge < -0.3 is 4.74 Å². The van der Waals surface area contributed by atoms with Gasteiger partial charge in [-0.05, 0) is 0 Å². The molecule has 9 heavy (non-hydrogen) atoms. The Bertz CT molecular complexity index is 111. The molecule has 0 aliphatic carbocycles. The minimum atomic E-state index is -0.545. The van der Waals surface area contributed by atoms with E-state index in [1.807, 2.05) is 0 Å². The number of esters is 2. The van der Waals surface area contributed by atoms with E-state index < -0.39 is 11.9 Å². The smallest absolute Gasteiger partial charge is 0.393 e. The van der Waals surface area contributed by atoms with Gasteiger partial charge in [0.15, 0.2) is 0 Å². The Labute approximate surface area is 64.2 Å². The molecule has 0 fully saturated rings. The summed E-state index contributed by atoms with van der Waals surface area (Å²) in [5, 5.41) is 0. The third-order valence-corrected chi connectivity index (χ3v) is 0.546. The summed E-state index contributed by atoms with van der Waals surface area (Å²) in [6.07, 6.45) is 0.250. The SMILES string of the molecule is CCC(=O)OC(C)=O.[Cu+2]. The molecule has 1 radical (unpaired) electrons. The Morgan fingerprint density at radius 1 is 1.44 bits per heavy atom. The van der Waals surface area contributed by atoms with Gasteiger partial charge >= 0.3 is 29.0 Å². The number of hydrogen-bond acceptors (Lipinski definition) is 3. The molecule has 0 unspecified atom stereocenters. The number of carbonyl (C=O) groups excluding carboxylic acids is 2. The molecule has 0 saturated carbocycles. The van der Waals surface area contributed by atoms with Gasteiger partial charge in [0.25, 0.3) is 0 Å². The second kappa shape index (κ2) is 5.79. The quantitative estimate of drug-likeness (QED) is 0.334. The van der Waals surface area contributed by atoms with Crippen LogP contribution >= 0.6 is 0 Å². The summed E-state index contributed by atoms with van der Waals surface area (Å²) in [6, 6.07) is 0. The summed E-state index contributed by atoms with van der Waals surface area (Å²) in [6.45, 7) is 2.83. The summed E-state index contributed by atoms with van der Waals surface area (Å²) in [5.41, 5.74) is 0. The largest absolute Gasteiger partial charge is 2.00 e. The van der Waals surface area contributed by atoms with Crippen LogP contribution in [0.5, 0.6) is 0 Å². The fourth-order valence-electron chi connectivity index (χ4n) is 0.232. The summed E-state index contributed by atoms with van der Waals surface area (Å²) >= 11 is 0. The molecule has 0 aromatic heterocycles. The van der Waals surface area contributed by atoms with Crippen LogP contribution in [-0.4, -0.2) is 11.9 Å². The van der Waals surface area contributed by atoms with Gasteiger partial charge in [-0.3, -0.25) is 9.59 Å². The van der Waals surface area contributed by atoms with Crippen LogP contribution in [0.15, 0.2) is 0 Å². The van der Waals surface area contributed by atoms with Crippen molar-refractivity contribution in [3.8, 4) is 0 Å². The van der Waals surface area contributed by atoms with E-state index >= 15 is 0 Å². The molecule has 0 N–H and O–H groups in total. The summed E-state index contributed by atoms with van der Waals surface area (Å²) in [7, 11) is 0. The third kappa shape index (κ3) is 7.66. The number of ether oxygens (including phenoxy) is 1. The molecular formula is C5H8CuO3+2. The Hall–Kier alpha value is -0.341. The van der Waals surface area contributed by atoms with Gasteiger partial charge in [0.2, 0.25) is 0 Å². The number of hydrogen-bond donors (Lipinski definition) is 0. The van der Waals surface area contributed by atoms with E-state index in [1.165, 1.54) is 6.92 Å².